The molecule has 0 aliphatic rings. The van der Waals surface area contributed by atoms with Gasteiger partial charge in [0.2, 0.25) is 0 Å². The first-order valence-corrected chi connectivity index (χ1v) is 6.63. The van der Waals surface area contributed by atoms with Gasteiger partial charge in [-0.25, -0.2) is 0 Å². The minimum atomic E-state index is 0.105. The fourth-order valence-electron chi connectivity index (χ4n) is 1.27. The first kappa shape index (κ1) is 13.6. The van der Waals surface area contributed by atoms with Crippen molar-refractivity contribution in [2.24, 2.45) is 5.73 Å². The molecular weight excluding hydrogens is 218 g/mol. The molecule has 2 nitrogen and oxygen atoms in total. The number of thioether (sulfide) groups is 1. The van der Waals surface area contributed by atoms with Crippen LogP contribution in [-0.4, -0.2) is 24.5 Å². The van der Waals surface area contributed by atoms with Gasteiger partial charge >= 0.3 is 0 Å². The number of rotatable bonds is 6. The van der Waals surface area contributed by atoms with Gasteiger partial charge in [-0.3, -0.25) is 0 Å². The average Bonchev–Trinajstić information content (AvgIpc) is 2.23. The van der Waals surface area contributed by atoms with E-state index in [0.717, 1.165) is 5.75 Å². The van der Waals surface area contributed by atoms with E-state index in [1.165, 1.54) is 10.5 Å². The third-order valence-electron chi connectivity index (χ3n) is 2.10. The van der Waals surface area contributed by atoms with Crippen LogP contribution in [0, 0.1) is 6.92 Å². The molecule has 3 heteroatoms. The van der Waals surface area contributed by atoms with Crippen LogP contribution in [-0.2, 0) is 4.74 Å². The number of aryl methyl sites for hydroxylation is 1. The molecule has 0 aliphatic heterocycles. The van der Waals surface area contributed by atoms with E-state index < -0.39 is 0 Å². The van der Waals surface area contributed by atoms with E-state index in [-0.39, 0.29) is 12.1 Å². The molecule has 0 amide bonds. The molecule has 0 fully saturated rings. The third kappa shape index (κ3) is 5.54. The minimum Gasteiger partial charge on any atom is -0.377 e. The lowest BCUT2D eigenvalue weighted by Gasteiger charge is -2.14. The first-order valence-electron chi connectivity index (χ1n) is 5.64. The third-order valence-corrected chi connectivity index (χ3v) is 3.28. The molecule has 0 bridgehead atoms. The molecule has 0 saturated carbocycles. The lowest BCUT2D eigenvalue weighted by Crippen LogP contribution is -2.30. The molecule has 1 rings (SSSR count). The molecule has 16 heavy (non-hydrogen) atoms. The van der Waals surface area contributed by atoms with Crippen LogP contribution in [0.4, 0.5) is 0 Å². The van der Waals surface area contributed by atoms with E-state index in [1.807, 2.05) is 13.8 Å². The van der Waals surface area contributed by atoms with Crippen LogP contribution in [0.25, 0.3) is 0 Å². The van der Waals surface area contributed by atoms with E-state index in [1.54, 1.807) is 11.8 Å². The van der Waals surface area contributed by atoms with Gasteiger partial charge in [0.05, 0.1) is 12.7 Å². The highest BCUT2D eigenvalue weighted by Gasteiger charge is 2.05. The number of hydrogen-bond donors (Lipinski definition) is 1. The monoisotopic (exact) mass is 239 g/mol. The summed E-state index contributed by atoms with van der Waals surface area (Å²) < 4.78 is 5.48. The maximum Gasteiger partial charge on any atom is 0.0629 e. The maximum absolute atomic E-state index is 5.96. The van der Waals surface area contributed by atoms with Gasteiger partial charge < -0.3 is 10.5 Å². The van der Waals surface area contributed by atoms with Crippen molar-refractivity contribution in [1.29, 1.82) is 0 Å². The number of nitrogens with two attached hydrogens (primary N) is 1. The van der Waals surface area contributed by atoms with Gasteiger partial charge in [-0.15, -0.1) is 11.8 Å². The Kier molecular flexibility index (Phi) is 5.88. The summed E-state index contributed by atoms with van der Waals surface area (Å²) in [5.74, 6) is 0.899. The Morgan fingerprint density at radius 2 is 2.12 bits per heavy atom. The van der Waals surface area contributed by atoms with E-state index >= 15 is 0 Å². The summed E-state index contributed by atoms with van der Waals surface area (Å²) in [5.41, 5.74) is 7.25. The van der Waals surface area contributed by atoms with E-state index in [4.69, 9.17) is 10.5 Å². The van der Waals surface area contributed by atoms with Crippen LogP contribution in [0.1, 0.15) is 19.4 Å². The van der Waals surface area contributed by atoms with Crippen LogP contribution in [0.2, 0.25) is 0 Å². The normalized spacial score (nSPS) is 13.1. The van der Waals surface area contributed by atoms with Crippen molar-refractivity contribution in [3.63, 3.8) is 0 Å². The summed E-state index contributed by atoms with van der Waals surface area (Å²) >= 11 is 1.79. The Bertz CT molecular complexity index is 315. The molecular formula is C13H21NOS. The largest absolute Gasteiger partial charge is 0.377 e. The molecule has 0 radical (unpaired) electrons. The highest BCUT2D eigenvalue weighted by Crippen LogP contribution is 2.19. The zero-order valence-electron chi connectivity index (χ0n) is 10.3. The van der Waals surface area contributed by atoms with Crippen molar-refractivity contribution in [3.8, 4) is 0 Å². The Labute approximate surface area is 103 Å². The van der Waals surface area contributed by atoms with Crippen LogP contribution in [0.15, 0.2) is 29.2 Å². The topological polar surface area (TPSA) is 35.2 Å². The molecule has 1 atom stereocenters. The lowest BCUT2D eigenvalue weighted by molar-refractivity contribution is 0.0720. The fraction of sp³-hybridized carbons (Fsp3) is 0.538. The van der Waals surface area contributed by atoms with Gasteiger partial charge in [-0.1, -0.05) is 17.7 Å². The number of ether oxygens (including phenoxy) is 1. The SMILES string of the molecule is Cc1cccc(SCC(N)COC(C)C)c1. The molecule has 0 aliphatic carbocycles. The van der Waals surface area contributed by atoms with Gasteiger partial charge in [0.1, 0.15) is 0 Å². The van der Waals surface area contributed by atoms with Gasteiger partial charge in [0.15, 0.2) is 0 Å². The summed E-state index contributed by atoms with van der Waals surface area (Å²) in [5, 5.41) is 0. The predicted octanol–water partition coefficient (Wildman–Crippen LogP) is 2.84. The molecule has 90 valence electrons. The van der Waals surface area contributed by atoms with Crippen LogP contribution >= 0.6 is 11.8 Å². The molecule has 0 aromatic heterocycles. The number of hydrogen-bond acceptors (Lipinski definition) is 3. The Balaban J connectivity index is 2.28. The second-order valence-electron chi connectivity index (χ2n) is 4.27. The highest BCUT2D eigenvalue weighted by atomic mass is 32.2. The molecule has 1 aromatic carbocycles. The van der Waals surface area contributed by atoms with Crippen molar-refractivity contribution >= 4 is 11.8 Å². The van der Waals surface area contributed by atoms with Gasteiger partial charge in [0.25, 0.3) is 0 Å². The second kappa shape index (κ2) is 6.94. The van der Waals surface area contributed by atoms with E-state index in [9.17, 15) is 0 Å². The summed E-state index contributed by atoms with van der Waals surface area (Å²) in [6.45, 7) is 6.79. The highest BCUT2D eigenvalue weighted by molar-refractivity contribution is 7.99. The Morgan fingerprint density at radius 1 is 1.38 bits per heavy atom. The second-order valence-corrected chi connectivity index (χ2v) is 5.36. The molecule has 0 spiro atoms. The summed E-state index contributed by atoms with van der Waals surface area (Å²) in [6.07, 6.45) is 0.259. The fourth-order valence-corrected chi connectivity index (χ4v) is 2.22. The molecule has 1 aromatic rings. The predicted molar refractivity (Wildman–Crippen MR) is 71.0 cm³/mol. The van der Waals surface area contributed by atoms with Crippen molar-refractivity contribution in [2.45, 2.75) is 37.8 Å². The van der Waals surface area contributed by atoms with Crippen molar-refractivity contribution in [1.82, 2.24) is 0 Å². The maximum atomic E-state index is 5.96. The van der Waals surface area contributed by atoms with Crippen LogP contribution < -0.4 is 5.73 Å². The number of benzene rings is 1. The summed E-state index contributed by atoms with van der Waals surface area (Å²) in [7, 11) is 0. The molecule has 0 saturated heterocycles. The summed E-state index contributed by atoms with van der Waals surface area (Å²) in [4.78, 5) is 1.28. The lowest BCUT2D eigenvalue weighted by atomic mass is 10.2. The van der Waals surface area contributed by atoms with Crippen molar-refractivity contribution in [2.75, 3.05) is 12.4 Å². The zero-order valence-corrected chi connectivity index (χ0v) is 11.1. The summed E-state index contributed by atoms with van der Waals surface area (Å²) in [6, 6.07) is 8.58. The zero-order chi connectivity index (χ0) is 12.0. The standard InChI is InChI=1S/C13H21NOS/c1-10(2)15-8-12(14)9-16-13-6-4-5-11(3)7-13/h4-7,10,12H,8-9,14H2,1-3H3. The van der Waals surface area contributed by atoms with Gasteiger partial charge in [-0.05, 0) is 32.9 Å². The quantitative estimate of drug-likeness (QED) is 0.775. The van der Waals surface area contributed by atoms with Crippen LogP contribution in [0.5, 0.6) is 0 Å². The Hall–Kier alpha value is -0.510. The van der Waals surface area contributed by atoms with Crippen molar-refractivity contribution < 1.29 is 4.74 Å². The van der Waals surface area contributed by atoms with E-state index in [0.29, 0.717) is 6.61 Å². The first-order chi connectivity index (χ1) is 7.58. The molecule has 1 unspecified atom stereocenters. The Morgan fingerprint density at radius 3 is 2.75 bits per heavy atom. The van der Waals surface area contributed by atoms with Gasteiger partial charge in [-0.2, -0.15) is 0 Å². The van der Waals surface area contributed by atoms with E-state index in [2.05, 4.69) is 31.2 Å². The minimum absolute atomic E-state index is 0.105. The molecule has 2 N–H and O–H groups in total. The van der Waals surface area contributed by atoms with Crippen molar-refractivity contribution in [3.05, 3.63) is 29.8 Å². The molecule has 0 heterocycles. The van der Waals surface area contributed by atoms with Gasteiger partial charge in [0, 0.05) is 16.7 Å². The average molecular weight is 239 g/mol. The smallest absolute Gasteiger partial charge is 0.0629 e. The van der Waals surface area contributed by atoms with Crippen LogP contribution in [0.3, 0.4) is 0 Å².